The van der Waals surface area contributed by atoms with E-state index in [-0.39, 0.29) is 10.7 Å². The second-order valence-electron chi connectivity index (χ2n) is 4.61. The van der Waals surface area contributed by atoms with Crippen LogP contribution in [-0.2, 0) is 14.8 Å². The summed E-state index contributed by atoms with van der Waals surface area (Å²) in [6, 6.07) is 5.86. The topological polar surface area (TPSA) is 101 Å². The molecular formula is C13H14ClN3O4S. The number of rotatable bonds is 5. The maximum Gasteiger partial charge on any atom is 0.241 e. The molecule has 0 unspecified atom stereocenters. The SMILES string of the molecule is Cc1cc(NC(=O)CNS(=O)(=O)c2ccc(C)c(Cl)c2)no1. The molecule has 0 radical (unpaired) electrons. The number of carbonyl (C=O) groups excluding carboxylic acids is 1. The highest BCUT2D eigenvalue weighted by Gasteiger charge is 2.17. The normalized spacial score (nSPS) is 11.4. The van der Waals surface area contributed by atoms with Crippen LogP contribution < -0.4 is 10.0 Å². The number of nitrogens with zero attached hydrogens (tertiary/aromatic N) is 1. The lowest BCUT2D eigenvalue weighted by atomic mass is 10.2. The van der Waals surface area contributed by atoms with Crippen molar-refractivity contribution in [2.45, 2.75) is 18.7 Å². The molecule has 0 atom stereocenters. The average Bonchev–Trinajstić information content (AvgIpc) is 2.85. The summed E-state index contributed by atoms with van der Waals surface area (Å²) in [4.78, 5) is 11.7. The van der Waals surface area contributed by atoms with Gasteiger partial charge in [-0.1, -0.05) is 22.8 Å². The number of anilines is 1. The van der Waals surface area contributed by atoms with Crippen molar-refractivity contribution in [2.75, 3.05) is 11.9 Å². The molecule has 0 spiro atoms. The van der Waals surface area contributed by atoms with E-state index in [1.807, 2.05) is 0 Å². The Kier molecular flexibility index (Phi) is 4.84. The van der Waals surface area contributed by atoms with Crippen molar-refractivity contribution in [3.05, 3.63) is 40.6 Å². The van der Waals surface area contributed by atoms with Crippen LogP contribution in [0.15, 0.2) is 33.7 Å². The van der Waals surface area contributed by atoms with E-state index >= 15 is 0 Å². The molecule has 7 nitrogen and oxygen atoms in total. The van der Waals surface area contributed by atoms with Crippen molar-refractivity contribution in [1.29, 1.82) is 0 Å². The average molecular weight is 344 g/mol. The molecular weight excluding hydrogens is 330 g/mol. The van der Waals surface area contributed by atoms with E-state index in [0.717, 1.165) is 5.56 Å². The molecule has 0 aliphatic carbocycles. The standard InChI is InChI=1S/C13H14ClN3O4S/c1-8-3-4-10(6-11(8)14)22(19,20)15-7-13(18)16-12-5-9(2)21-17-12/h3-6,15H,7H2,1-2H3,(H,16,17,18). The van der Waals surface area contributed by atoms with Crippen LogP contribution in [0.5, 0.6) is 0 Å². The quantitative estimate of drug-likeness (QED) is 0.862. The molecule has 0 bridgehead atoms. The molecule has 118 valence electrons. The lowest BCUT2D eigenvalue weighted by molar-refractivity contribution is -0.115. The minimum atomic E-state index is -3.82. The fourth-order valence-electron chi connectivity index (χ4n) is 1.60. The zero-order chi connectivity index (χ0) is 16.3. The Morgan fingerprint density at radius 2 is 2.05 bits per heavy atom. The third kappa shape index (κ3) is 4.06. The lowest BCUT2D eigenvalue weighted by Gasteiger charge is -2.07. The Labute approximate surface area is 132 Å². The van der Waals surface area contributed by atoms with Crippen LogP contribution in [0, 0.1) is 13.8 Å². The van der Waals surface area contributed by atoms with Gasteiger partial charge in [0.2, 0.25) is 15.9 Å². The highest BCUT2D eigenvalue weighted by atomic mass is 35.5. The van der Waals surface area contributed by atoms with E-state index in [0.29, 0.717) is 10.8 Å². The van der Waals surface area contributed by atoms with E-state index in [4.69, 9.17) is 16.1 Å². The van der Waals surface area contributed by atoms with Crippen LogP contribution in [0.2, 0.25) is 5.02 Å². The predicted octanol–water partition coefficient (Wildman–Crippen LogP) is 1.86. The third-order valence-electron chi connectivity index (χ3n) is 2.77. The minimum absolute atomic E-state index is 0.00631. The van der Waals surface area contributed by atoms with Crippen molar-refractivity contribution in [2.24, 2.45) is 0 Å². The second kappa shape index (κ2) is 6.47. The summed E-state index contributed by atoms with van der Waals surface area (Å²) < 4.78 is 31.1. The summed E-state index contributed by atoms with van der Waals surface area (Å²) in [5.41, 5.74) is 0.764. The van der Waals surface area contributed by atoms with Gasteiger partial charge in [0.1, 0.15) is 5.76 Å². The lowest BCUT2D eigenvalue weighted by Crippen LogP contribution is -2.33. The first-order chi connectivity index (χ1) is 10.3. The van der Waals surface area contributed by atoms with Gasteiger partial charge in [-0.15, -0.1) is 0 Å². The van der Waals surface area contributed by atoms with Crippen LogP contribution >= 0.6 is 11.6 Å². The molecule has 1 amide bonds. The smallest absolute Gasteiger partial charge is 0.241 e. The molecule has 9 heteroatoms. The molecule has 2 aromatic rings. The number of nitrogens with one attached hydrogen (secondary N) is 2. The Bertz CT molecular complexity index is 801. The van der Waals surface area contributed by atoms with Gasteiger partial charge < -0.3 is 9.84 Å². The summed E-state index contributed by atoms with van der Waals surface area (Å²) in [6.45, 7) is 3.01. The van der Waals surface area contributed by atoms with Gasteiger partial charge in [0.05, 0.1) is 11.4 Å². The van der Waals surface area contributed by atoms with Gasteiger partial charge >= 0.3 is 0 Å². The number of halogens is 1. The molecule has 1 heterocycles. The van der Waals surface area contributed by atoms with Crippen LogP contribution in [-0.4, -0.2) is 26.0 Å². The predicted molar refractivity (Wildman–Crippen MR) is 81.2 cm³/mol. The Hall–Kier alpha value is -1.90. The van der Waals surface area contributed by atoms with Crippen molar-refractivity contribution < 1.29 is 17.7 Å². The number of hydrogen-bond donors (Lipinski definition) is 2. The van der Waals surface area contributed by atoms with Crippen molar-refractivity contribution in [1.82, 2.24) is 9.88 Å². The first-order valence-electron chi connectivity index (χ1n) is 6.27. The summed E-state index contributed by atoms with van der Waals surface area (Å²) in [5, 5.41) is 6.33. The molecule has 2 rings (SSSR count). The highest BCUT2D eigenvalue weighted by Crippen LogP contribution is 2.19. The summed E-state index contributed by atoms with van der Waals surface area (Å²) in [6.07, 6.45) is 0. The number of amides is 1. The fourth-order valence-corrected chi connectivity index (χ4v) is 2.85. The van der Waals surface area contributed by atoms with E-state index in [9.17, 15) is 13.2 Å². The molecule has 0 fully saturated rings. The first-order valence-corrected chi connectivity index (χ1v) is 8.13. The van der Waals surface area contributed by atoms with Gasteiger partial charge in [-0.3, -0.25) is 4.79 Å². The van der Waals surface area contributed by atoms with E-state index < -0.39 is 22.5 Å². The second-order valence-corrected chi connectivity index (χ2v) is 6.78. The molecule has 0 aliphatic heterocycles. The van der Waals surface area contributed by atoms with E-state index in [1.54, 1.807) is 19.9 Å². The largest absolute Gasteiger partial charge is 0.360 e. The molecule has 1 aromatic carbocycles. The molecule has 0 saturated carbocycles. The molecule has 0 saturated heterocycles. The summed E-state index contributed by atoms with van der Waals surface area (Å²) in [7, 11) is -3.82. The summed E-state index contributed by atoms with van der Waals surface area (Å²) >= 11 is 5.90. The first kappa shape index (κ1) is 16.5. The van der Waals surface area contributed by atoms with Gasteiger partial charge in [0.25, 0.3) is 0 Å². The number of aromatic nitrogens is 1. The van der Waals surface area contributed by atoms with Gasteiger partial charge in [-0.05, 0) is 31.5 Å². The van der Waals surface area contributed by atoms with Crippen molar-refractivity contribution >= 4 is 33.3 Å². The third-order valence-corrected chi connectivity index (χ3v) is 4.58. The van der Waals surface area contributed by atoms with Crippen molar-refractivity contribution in [3.8, 4) is 0 Å². The highest BCUT2D eigenvalue weighted by molar-refractivity contribution is 7.89. The van der Waals surface area contributed by atoms with Gasteiger partial charge in [-0.2, -0.15) is 0 Å². The van der Waals surface area contributed by atoms with Gasteiger partial charge in [0.15, 0.2) is 5.82 Å². The summed E-state index contributed by atoms with van der Waals surface area (Å²) in [5.74, 6) is 0.195. The van der Waals surface area contributed by atoms with Gasteiger partial charge in [0, 0.05) is 11.1 Å². The Morgan fingerprint density at radius 1 is 1.32 bits per heavy atom. The zero-order valence-corrected chi connectivity index (χ0v) is 13.5. The number of hydrogen-bond acceptors (Lipinski definition) is 5. The molecule has 0 aliphatic rings. The molecule has 22 heavy (non-hydrogen) atoms. The van der Waals surface area contributed by atoms with Crippen LogP contribution in [0.25, 0.3) is 0 Å². The number of aryl methyl sites for hydroxylation is 2. The molecule has 2 N–H and O–H groups in total. The number of carbonyl (C=O) groups is 1. The Balaban J connectivity index is 2.00. The van der Waals surface area contributed by atoms with Crippen molar-refractivity contribution in [3.63, 3.8) is 0 Å². The minimum Gasteiger partial charge on any atom is -0.360 e. The maximum absolute atomic E-state index is 12.1. The zero-order valence-electron chi connectivity index (χ0n) is 11.9. The van der Waals surface area contributed by atoms with E-state index in [2.05, 4.69) is 15.2 Å². The van der Waals surface area contributed by atoms with Gasteiger partial charge in [-0.25, -0.2) is 13.1 Å². The maximum atomic E-state index is 12.1. The Morgan fingerprint density at radius 3 is 2.64 bits per heavy atom. The van der Waals surface area contributed by atoms with Crippen LogP contribution in [0.1, 0.15) is 11.3 Å². The monoisotopic (exact) mass is 343 g/mol. The number of sulfonamides is 1. The van der Waals surface area contributed by atoms with Crippen LogP contribution in [0.3, 0.4) is 0 Å². The number of benzene rings is 1. The fraction of sp³-hybridized carbons (Fsp3) is 0.231. The van der Waals surface area contributed by atoms with E-state index in [1.165, 1.54) is 18.2 Å². The molecule has 1 aromatic heterocycles. The van der Waals surface area contributed by atoms with Crippen LogP contribution in [0.4, 0.5) is 5.82 Å².